The lowest BCUT2D eigenvalue weighted by Crippen LogP contribution is -2.25. The third-order valence-corrected chi connectivity index (χ3v) is 6.13. The fourth-order valence-corrected chi connectivity index (χ4v) is 3.48. The summed E-state index contributed by atoms with van der Waals surface area (Å²) in [5.41, 5.74) is 0. The average molecular weight is 731 g/mol. The number of rotatable bonds is 43. The SMILES string of the molecule is CN(C)CCOCCOCCOCCOCCOCCOCCOCCOCCOCCOCCOCCOCCCNC(=O)CCC(=O)O. The van der Waals surface area contributed by atoms with E-state index in [4.69, 9.17) is 61.9 Å². The summed E-state index contributed by atoms with van der Waals surface area (Å²) in [5.74, 6) is -1.25. The topological polar surface area (TPSA) is 180 Å². The zero-order valence-corrected chi connectivity index (χ0v) is 30.6. The Kier molecular flexibility index (Phi) is 40.5. The number of nitrogens with zero attached hydrogens (tertiary/aromatic N) is 1. The first kappa shape index (κ1) is 48.4. The minimum absolute atomic E-state index is 0.0106. The first-order valence-corrected chi connectivity index (χ1v) is 17.6. The fraction of sp³-hybridized carbons (Fsp3) is 0.939. The molecular formula is C33H66N2O15. The van der Waals surface area contributed by atoms with Crippen LogP contribution in [0.3, 0.4) is 0 Å². The molecule has 1 amide bonds. The number of carboxylic acids is 1. The molecule has 298 valence electrons. The van der Waals surface area contributed by atoms with Crippen LogP contribution >= 0.6 is 0 Å². The summed E-state index contributed by atoms with van der Waals surface area (Å²) in [5, 5.41) is 11.2. The minimum atomic E-state index is -0.983. The molecule has 0 saturated carbocycles. The number of hydrogen-bond acceptors (Lipinski definition) is 15. The van der Waals surface area contributed by atoms with E-state index in [1.54, 1.807) is 0 Å². The van der Waals surface area contributed by atoms with Gasteiger partial charge in [-0.15, -0.1) is 0 Å². The molecule has 17 heteroatoms. The molecule has 0 atom stereocenters. The van der Waals surface area contributed by atoms with Crippen molar-refractivity contribution in [2.45, 2.75) is 19.3 Å². The maximum absolute atomic E-state index is 11.4. The number of aliphatic carboxylic acids is 1. The smallest absolute Gasteiger partial charge is 0.303 e. The van der Waals surface area contributed by atoms with Gasteiger partial charge in [0.25, 0.3) is 0 Å². The molecule has 0 heterocycles. The van der Waals surface area contributed by atoms with Gasteiger partial charge in [-0.2, -0.15) is 0 Å². The van der Waals surface area contributed by atoms with Gasteiger partial charge in [0, 0.05) is 26.1 Å². The van der Waals surface area contributed by atoms with Gasteiger partial charge in [-0.1, -0.05) is 0 Å². The lowest BCUT2D eigenvalue weighted by Gasteiger charge is -2.10. The van der Waals surface area contributed by atoms with Crippen LogP contribution in [-0.2, 0) is 66.4 Å². The third kappa shape index (κ3) is 44.4. The summed E-state index contributed by atoms with van der Waals surface area (Å²) >= 11 is 0. The Bertz CT molecular complexity index is 710. The largest absolute Gasteiger partial charge is 0.481 e. The van der Waals surface area contributed by atoms with E-state index in [1.807, 2.05) is 14.1 Å². The normalized spacial score (nSPS) is 11.5. The molecule has 0 aromatic heterocycles. The molecule has 2 N–H and O–H groups in total. The van der Waals surface area contributed by atoms with Crippen LogP contribution in [-0.4, -0.2) is 208 Å². The van der Waals surface area contributed by atoms with Gasteiger partial charge in [-0.25, -0.2) is 0 Å². The number of carboxylic acid groups (broad SMARTS) is 1. The van der Waals surface area contributed by atoms with Gasteiger partial charge >= 0.3 is 5.97 Å². The standard InChI is InChI=1S/C33H66N2O15/c1-35(2)7-9-40-11-13-42-15-17-44-19-21-46-23-25-48-27-29-50-31-30-49-28-26-47-24-22-45-20-18-43-16-14-41-12-10-39-8-3-6-34-32(36)4-5-33(37)38/h3-31H2,1-2H3,(H,34,36)(H,37,38). The van der Waals surface area contributed by atoms with Crippen LogP contribution in [0.4, 0.5) is 0 Å². The molecule has 0 aliphatic carbocycles. The van der Waals surface area contributed by atoms with E-state index in [0.717, 1.165) is 6.54 Å². The van der Waals surface area contributed by atoms with Crippen LogP contribution in [0.1, 0.15) is 19.3 Å². The van der Waals surface area contributed by atoms with Crippen molar-refractivity contribution < 1.29 is 71.5 Å². The molecule has 0 aliphatic heterocycles. The molecule has 0 aliphatic rings. The van der Waals surface area contributed by atoms with Crippen LogP contribution < -0.4 is 5.32 Å². The lowest BCUT2D eigenvalue weighted by atomic mass is 10.3. The predicted molar refractivity (Wildman–Crippen MR) is 183 cm³/mol. The Morgan fingerprint density at radius 2 is 0.680 bits per heavy atom. The molecule has 0 unspecified atom stereocenters. The van der Waals surface area contributed by atoms with Crippen molar-refractivity contribution in [2.24, 2.45) is 0 Å². The summed E-state index contributed by atoms with van der Waals surface area (Å²) in [7, 11) is 4.03. The molecule has 0 bridgehead atoms. The van der Waals surface area contributed by atoms with E-state index in [0.29, 0.717) is 172 Å². The van der Waals surface area contributed by atoms with Crippen molar-refractivity contribution >= 4 is 11.9 Å². The second-order valence-corrected chi connectivity index (χ2v) is 10.7. The van der Waals surface area contributed by atoms with E-state index in [9.17, 15) is 9.59 Å². The summed E-state index contributed by atoms with van der Waals surface area (Å²) in [6.45, 7) is 13.6. The van der Waals surface area contributed by atoms with Gasteiger partial charge in [-0.3, -0.25) is 9.59 Å². The number of nitrogens with one attached hydrogen (secondary N) is 1. The fourth-order valence-electron chi connectivity index (χ4n) is 3.48. The quantitative estimate of drug-likeness (QED) is 0.0807. The monoisotopic (exact) mass is 730 g/mol. The molecule has 0 rings (SSSR count). The Morgan fingerprint density at radius 3 is 0.940 bits per heavy atom. The average Bonchev–Trinajstić information content (AvgIpc) is 3.09. The van der Waals surface area contributed by atoms with Crippen molar-refractivity contribution in [1.29, 1.82) is 0 Å². The van der Waals surface area contributed by atoms with Crippen LogP contribution in [0.2, 0.25) is 0 Å². The molecular weight excluding hydrogens is 664 g/mol. The van der Waals surface area contributed by atoms with Crippen LogP contribution in [0.25, 0.3) is 0 Å². The molecule has 0 spiro atoms. The lowest BCUT2D eigenvalue weighted by molar-refractivity contribution is -0.138. The molecule has 0 aromatic carbocycles. The number of carbonyl (C=O) groups excluding carboxylic acids is 1. The molecule has 0 fully saturated rings. The molecule has 0 aromatic rings. The summed E-state index contributed by atoms with van der Waals surface area (Å²) < 4.78 is 65.5. The van der Waals surface area contributed by atoms with Crippen molar-refractivity contribution in [3.05, 3.63) is 0 Å². The van der Waals surface area contributed by atoms with Crippen molar-refractivity contribution in [1.82, 2.24) is 10.2 Å². The van der Waals surface area contributed by atoms with Crippen LogP contribution in [0.15, 0.2) is 0 Å². The highest BCUT2D eigenvalue weighted by Gasteiger charge is 2.04. The highest BCUT2D eigenvalue weighted by atomic mass is 16.6. The maximum Gasteiger partial charge on any atom is 0.303 e. The summed E-state index contributed by atoms with van der Waals surface area (Å²) in [4.78, 5) is 23.8. The Labute approximate surface area is 298 Å². The van der Waals surface area contributed by atoms with Gasteiger partial charge in [0.1, 0.15) is 0 Å². The third-order valence-electron chi connectivity index (χ3n) is 6.13. The number of carbonyl (C=O) groups is 2. The van der Waals surface area contributed by atoms with Gasteiger partial charge < -0.3 is 72.2 Å². The van der Waals surface area contributed by atoms with E-state index in [1.165, 1.54) is 0 Å². The second kappa shape index (κ2) is 41.8. The van der Waals surface area contributed by atoms with Crippen LogP contribution in [0, 0.1) is 0 Å². The number of ether oxygens (including phenoxy) is 12. The second-order valence-electron chi connectivity index (χ2n) is 10.7. The predicted octanol–water partition coefficient (Wildman–Crippen LogP) is 0.118. The Hall–Kier alpha value is -1.58. The minimum Gasteiger partial charge on any atom is -0.481 e. The zero-order chi connectivity index (χ0) is 36.4. The number of likely N-dealkylation sites (N-methyl/N-ethyl adjacent to an activating group) is 1. The number of hydrogen-bond donors (Lipinski definition) is 2. The van der Waals surface area contributed by atoms with Crippen molar-refractivity contribution in [2.75, 3.05) is 186 Å². The Morgan fingerprint density at radius 1 is 0.420 bits per heavy atom. The maximum atomic E-state index is 11.4. The summed E-state index contributed by atoms with van der Waals surface area (Å²) in [6.07, 6.45) is 0.476. The molecule has 0 saturated heterocycles. The first-order chi connectivity index (χ1) is 24.5. The summed E-state index contributed by atoms with van der Waals surface area (Å²) in [6, 6.07) is 0. The zero-order valence-electron chi connectivity index (χ0n) is 30.6. The van der Waals surface area contributed by atoms with Crippen molar-refractivity contribution in [3.8, 4) is 0 Å². The highest BCUT2D eigenvalue weighted by molar-refractivity contribution is 5.80. The number of amides is 1. The van der Waals surface area contributed by atoms with Crippen molar-refractivity contribution in [3.63, 3.8) is 0 Å². The van der Waals surface area contributed by atoms with E-state index >= 15 is 0 Å². The van der Waals surface area contributed by atoms with Gasteiger partial charge in [-0.05, 0) is 20.5 Å². The van der Waals surface area contributed by atoms with E-state index in [-0.39, 0.29) is 18.7 Å². The highest BCUT2D eigenvalue weighted by Crippen LogP contribution is 1.90. The molecule has 50 heavy (non-hydrogen) atoms. The molecule has 0 radical (unpaired) electrons. The van der Waals surface area contributed by atoms with Gasteiger partial charge in [0.15, 0.2) is 0 Å². The van der Waals surface area contributed by atoms with E-state index < -0.39 is 5.97 Å². The van der Waals surface area contributed by atoms with E-state index in [2.05, 4.69) is 10.2 Å². The van der Waals surface area contributed by atoms with Gasteiger partial charge in [0.05, 0.1) is 158 Å². The first-order valence-electron chi connectivity index (χ1n) is 17.6. The van der Waals surface area contributed by atoms with Crippen LogP contribution in [0.5, 0.6) is 0 Å². The molecule has 17 nitrogen and oxygen atoms in total. The van der Waals surface area contributed by atoms with Gasteiger partial charge in [0.2, 0.25) is 5.91 Å². The Balaban J connectivity index is 3.08.